The number of aliphatic hydroxyl groups is 3. The summed E-state index contributed by atoms with van der Waals surface area (Å²) in [6, 6.07) is 0. The molecule has 0 aromatic heterocycles. The van der Waals surface area contributed by atoms with Crippen LogP contribution in [0, 0.1) is 0 Å². The van der Waals surface area contributed by atoms with Crippen molar-refractivity contribution in [1.29, 1.82) is 0 Å². The topological polar surface area (TPSA) is 60.7 Å². The van der Waals surface area contributed by atoms with Gasteiger partial charge < -0.3 is 32.3 Å². The molecule has 5 heteroatoms. The Morgan fingerprint density at radius 2 is 0.727 bits per heavy atom. The fourth-order valence-electron chi connectivity index (χ4n) is 0. The summed E-state index contributed by atoms with van der Waals surface area (Å²) in [6.45, 7) is 5.79. The Bertz CT molecular complexity index is 22.5. The second-order valence-electron chi connectivity index (χ2n) is 0.949. The number of hydrogen-bond donors (Lipinski definition) is 3. The van der Waals surface area contributed by atoms with Crippen LogP contribution in [-0.2, 0) is 21.7 Å². The normalized spacial score (nSPS) is 4.91. The van der Waals surface area contributed by atoms with Crippen LogP contribution in [-0.4, -0.2) is 35.1 Å². The zero-order valence-corrected chi connectivity index (χ0v) is 10.5. The van der Waals surface area contributed by atoms with Gasteiger partial charge in [-0.1, -0.05) is 0 Å². The zero-order valence-electron chi connectivity index (χ0n) is 7.34. The molecule has 0 aliphatic carbocycles. The van der Waals surface area contributed by atoms with Crippen LogP contribution in [0.2, 0.25) is 0 Å². The molecular weight excluding hydrogens is 248 g/mol. The van der Waals surface area contributed by atoms with Gasteiger partial charge in [0, 0.05) is 41.5 Å². The molecule has 0 heterocycles. The largest absolute Gasteiger partial charge is 1.00 e. The molecule has 0 radical (unpaired) electrons. The maximum atomic E-state index is 7.57. The van der Waals surface area contributed by atoms with E-state index in [1.54, 1.807) is 20.8 Å². The van der Waals surface area contributed by atoms with Crippen molar-refractivity contribution in [2.75, 3.05) is 19.8 Å². The van der Waals surface area contributed by atoms with E-state index >= 15 is 0 Å². The van der Waals surface area contributed by atoms with Crippen LogP contribution in [0.4, 0.5) is 0 Å². The molecule has 0 aromatic carbocycles. The summed E-state index contributed by atoms with van der Waals surface area (Å²) in [4.78, 5) is 0. The number of halogens is 1. The van der Waals surface area contributed by atoms with E-state index < -0.39 is 0 Å². The molecule has 0 aliphatic heterocycles. The predicted octanol–water partition coefficient (Wildman–Crippen LogP) is -3.00. The first-order valence-corrected chi connectivity index (χ1v) is 3.07. The first-order chi connectivity index (χ1) is 4.24. The van der Waals surface area contributed by atoms with Crippen molar-refractivity contribution in [3.8, 4) is 0 Å². The second-order valence-corrected chi connectivity index (χ2v) is 0.949. The molecule has 3 N–H and O–H groups in total. The van der Waals surface area contributed by atoms with Gasteiger partial charge in [-0.25, -0.2) is 0 Å². The van der Waals surface area contributed by atoms with E-state index in [0.717, 1.165) is 0 Å². The van der Waals surface area contributed by atoms with Crippen molar-refractivity contribution in [2.24, 2.45) is 0 Å². The number of aliphatic hydroxyl groups excluding tert-OH is 3. The maximum absolute atomic E-state index is 7.57. The third kappa shape index (κ3) is 790. The Hall–Kier alpha value is 1.07. The molecule has 0 atom stereocenters. The summed E-state index contributed by atoms with van der Waals surface area (Å²) in [5, 5.41) is 22.7. The third-order valence-corrected chi connectivity index (χ3v) is 0. The summed E-state index contributed by atoms with van der Waals surface area (Å²) in [7, 11) is 0. The average molecular weight is 266 g/mol. The van der Waals surface area contributed by atoms with Crippen LogP contribution in [0.15, 0.2) is 0 Å². The monoisotopic (exact) mass is 265 g/mol. The van der Waals surface area contributed by atoms with Gasteiger partial charge >= 0.3 is 0 Å². The van der Waals surface area contributed by atoms with E-state index in [-0.39, 0.29) is 58.5 Å². The molecule has 0 spiro atoms. The minimum Gasteiger partial charge on any atom is -1.00 e. The Labute approximate surface area is 94.5 Å². The van der Waals surface area contributed by atoms with Gasteiger partial charge in [-0.05, 0) is 20.8 Å². The summed E-state index contributed by atoms with van der Waals surface area (Å²) >= 11 is 0. The van der Waals surface area contributed by atoms with Gasteiger partial charge in [0.15, 0.2) is 0 Å². The van der Waals surface area contributed by atoms with Gasteiger partial charge in [-0.15, -0.1) is 0 Å². The number of rotatable bonds is 0. The fourth-order valence-corrected chi connectivity index (χ4v) is 0. The Morgan fingerprint density at radius 3 is 0.727 bits per heavy atom. The Kier molecular flexibility index (Phi) is 182. The van der Waals surface area contributed by atoms with E-state index in [0.29, 0.717) is 0 Å². The third-order valence-electron chi connectivity index (χ3n) is 0. The molecule has 11 heavy (non-hydrogen) atoms. The molecular formula is C6H18BrO3Ti-. The molecule has 0 saturated heterocycles. The molecule has 0 aromatic rings. The van der Waals surface area contributed by atoms with E-state index in [1.807, 2.05) is 0 Å². The molecule has 0 saturated carbocycles. The van der Waals surface area contributed by atoms with Crippen LogP contribution in [0.25, 0.3) is 0 Å². The van der Waals surface area contributed by atoms with Crippen LogP contribution in [0.3, 0.4) is 0 Å². The molecule has 0 aliphatic rings. The van der Waals surface area contributed by atoms with Crippen molar-refractivity contribution in [2.45, 2.75) is 20.8 Å². The second kappa shape index (κ2) is 67.7. The van der Waals surface area contributed by atoms with E-state index in [4.69, 9.17) is 15.3 Å². The minimum atomic E-state index is 0. The molecule has 0 bridgehead atoms. The van der Waals surface area contributed by atoms with E-state index in [1.165, 1.54) is 0 Å². The first kappa shape index (κ1) is 29.6. The minimum absolute atomic E-state index is 0. The van der Waals surface area contributed by atoms with Crippen molar-refractivity contribution < 1.29 is 54.0 Å². The summed E-state index contributed by atoms with van der Waals surface area (Å²) < 4.78 is 0. The Balaban J connectivity index is -0.0000000150. The van der Waals surface area contributed by atoms with Gasteiger partial charge in [0.05, 0.1) is 0 Å². The smallest absolute Gasteiger partial charge is 0.0402 e. The molecule has 0 rings (SSSR count). The molecule has 0 fully saturated rings. The van der Waals surface area contributed by atoms with Gasteiger partial charge in [0.1, 0.15) is 0 Å². The van der Waals surface area contributed by atoms with Crippen molar-refractivity contribution in [1.82, 2.24) is 0 Å². The van der Waals surface area contributed by atoms with Crippen LogP contribution >= 0.6 is 0 Å². The van der Waals surface area contributed by atoms with Crippen molar-refractivity contribution in [3.63, 3.8) is 0 Å². The van der Waals surface area contributed by atoms with Crippen LogP contribution in [0.1, 0.15) is 20.8 Å². The van der Waals surface area contributed by atoms with E-state index in [2.05, 4.69) is 0 Å². The summed E-state index contributed by atoms with van der Waals surface area (Å²) in [6.07, 6.45) is 0. The summed E-state index contributed by atoms with van der Waals surface area (Å²) in [5.41, 5.74) is 0. The van der Waals surface area contributed by atoms with Crippen LogP contribution in [0.5, 0.6) is 0 Å². The fraction of sp³-hybridized carbons (Fsp3) is 1.00. The summed E-state index contributed by atoms with van der Waals surface area (Å²) in [5.74, 6) is 0. The molecule has 0 amide bonds. The van der Waals surface area contributed by atoms with Crippen molar-refractivity contribution in [3.05, 3.63) is 0 Å². The zero-order chi connectivity index (χ0) is 8.12. The van der Waals surface area contributed by atoms with Gasteiger partial charge in [-0.3, -0.25) is 0 Å². The molecule has 72 valence electrons. The SMILES string of the molecule is CCO.CCO.CCO.[Br-].[Ti]. The average Bonchev–Trinajstić information content (AvgIpc) is 1.70. The van der Waals surface area contributed by atoms with Crippen molar-refractivity contribution >= 4 is 0 Å². The Morgan fingerprint density at radius 1 is 0.727 bits per heavy atom. The quantitative estimate of drug-likeness (QED) is 0.409. The van der Waals surface area contributed by atoms with Gasteiger partial charge in [0.25, 0.3) is 0 Å². The first-order valence-electron chi connectivity index (χ1n) is 3.07. The predicted molar refractivity (Wildman–Crippen MR) is 38.3 cm³/mol. The standard InChI is InChI=1S/3C2H6O.BrH.Ti/c3*1-2-3;;/h3*3H,2H2,1H3;1H;/p-1. The number of hydrogen-bond acceptors (Lipinski definition) is 3. The van der Waals surface area contributed by atoms with Crippen LogP contribution < -0.4 is 17.0 Å². The van der Waals surface area contributed by atoms with E-state index in [9.17, 15) is 0 Å². The van der Waals surface area contributed by atoms with Gasteiger partial charge in [0.2, 0.25) is 0 Å². The molecule has 3 nitrogen and oxygen atoms in total. The molecule has 0 unspecified atom stereocenters. The van der Waals surface area contributed by atoms with Gasteiger partial charge in [-0.2, -0.15) is 0 Å². The maximum Gasteiger partial charge on any atom is 0.0402 e.